The lowest BCUT2D eigenvalue weighted by Gasteiger charge is -2.40. The van der Waals surface area contributed by atoms with Gasteiger partial charge in [0.25, 0.3) is 0 Å². The summed E-state index contributed by atoms with van der Waals surface area (Å²) in [5.41, 5.74) is -5.21. The summed E-state index contributed by atoms with van der Waals surface area (Å²) in [6, 6.07) is 1.07. The number of nitrogens with zero attached hydrogens (tertiary/aromatic N) is 4. The number of anilines is 3. The van der Waals surface area contributed by atoms with Crippen molar-refractivity contribution in [2.45, 2.75) is 75.8 Å². The molecule has 2 atom stereocenters. The lowest BCUT2D eigenvalue weighted by Crippen LogP contribution is -2.46. The number of rotatable bonds is 8. The smallest absolute Gasteiger partial charge is 0.422 e. The summed E-state index contributed by atoms with van der Waals surface area (Å²) in [5, 5.41) is 12.3. The standard InChI is InChI=1S/C34H31F12N5O4/c1-2-22-14-24(23-13-19(32(38,39)40)3-4-26(23)51(22)30(54)55-16-31(35,36)37)48-29-47-15-27(50-7-5-18(6-8-50)28(52)53)25(49-29)11-17-9-20(33(41,42)43)12-21(10-17)34(44,45)46/h3-4,9-10,12-13,15,18,22,24H,2,5-8,11,14,16H2,1H3,(H,52,53)(H,47,48,49)/t22-,24+/m1/s1. The van der Waals surface area contributed by atoms with Gasteiger partial charge in [-0.05, 0) is 73.2 Å². The van der Waals surface area contributed by atoms with E-state index in [1.54, 1.807) is 11.8 Å². The number of aromatic nitrogens is 2. The Hall–Kier alpha value is -4.98. The van der Waals surface area contributed by atoms with E-state index in [2.05, 4.69) is 20.0 Å². The highest BCUT2D eigenvalue weighted by Crippen LogP contribution is 2.44. The number of halogens is 12. The number of aliphatic carboxylic acids is 1. The van der Waals surface area contributed by atoms with Crippen LogP contribution in [0.5, 0.6) is 0 Å². The van der Waals surface area contributed by atoms with Crippen LogP contribution in [0.3, 0.4) is 0 Å². The van der Waals surface area contributed by atoms with Crippen LogP contribution in [0.4, 0.5) is 74.8 Å². The Morgan fingerprint density at radius 3 is 1.98 bits per heavy atom. The first-order chi connectivity index (χ1) is 25.4. The number of alkyl halides is 12. The molecule has 2 aliphatic heterocycles. The molecule has 2 N–H and O–H groups in total. The Bertz CT molecular complexity index is 1860. The minimum atomic E-state index is -5.16. The quantitative estimate of drug-likeness (QED) is 0.217. The van der Waals surface area contributed by atoms with Gasteiger partial charge in [-0.3, -0.25) is 9.69 Å². The van der Waals surface area contributed by atoms with Crippen LogP contribution in [-0.4, -0.2) is 59.1 Å². The van der Waals surface area contributed by atoms with Gasteiger partial charge in [0.2, 0.25) is 5.95 Å². The summed E-state index contributed by atoms with van der Waals surface area (Å²) in [6.07, 6.45) is -20.9. The van der Waals surface area contributed by atoms with E-state index in [0.29, 0.717) is 24.3 Å². The molecule has 1 aromatic heterocycles. The second-order valence-corrected chi connectivity index (χ2v) is 13.0. The third-order valence-corrected chi connectivity index (χ3v) is 9.24. The molecule has 300 valence electrons. The highest BCUT2D eigenvalue weighted by molar-refractivity contribution is 5.90. The molecule has 0 saturated carbocycles. The molecule has 1 saturated heterocycles. The number of hydrogen-bond acceptors (Lipinski definition) is 7. The SMILES string of the molecule is CC[C@@H]1C[C@H](Nc2ncc(N3CCC(C(=O)O)CC3)c(Cc3cc(C(F)(F)F)cc(C(F)(F)F)c3)n2)c2cc(C(F)(F)F)ccc2N1C(=O)OCC(F)(F)F. The number of hydrogen-bond donors (Lipinski definition) is 2. The lowest BCUT2D eigenvalue weighted by molar-refractivity contribution is -0.160. The molecule has 5 rings (SSSR count). The van der Waals surface area contributed by atoms with Crippen molar-refractivity contribution in [2.24, 2.45) is 5.92 Å². The summed E-state index contributed by atoms with van der Waals surface area (Å²) < 4.78 is 167. The zero-order valence-electron chi connectivity index (χ0n) is 28.4. The summed E-state index contributed by atoms with van der Waals surface area (Å²) in [5.74, 6) is -2.11. The van der Waals surface area contributed by atoms with E-state index < -0.39 is 90.1 Å². The third kappa shape index (κ3) is 9.83. The van der Waals surface area contributed by atoms with Crippen molar-refractivity contribution < 1.29 is 72.1 Å². The molecule has 21 heteroatoms. The molecular formula is C34H31F12N5O4. The number of carboxylic acids is 1. The summed E-state index contributed by atoms with van der Waals surface area (Å²) >= 11 is 0. The van der Waals surface area contributed by atoms with Crippen LogP contribution in [0, 0.1) is 5.92 Å². The Morgan fingerprint density at radius 1 is 0.855 bits per heavy atom. The number of carbonyl (C=O) groups excluding carboxylic acids is 1. The molecule has 55 heavy (non-hydrogen) atoms. The van der Waals surface area contributed by atoms with E-state index in [-0.39, 0.29) is 73.4 Å². The molecule has 2 aliphatic rings. The van der Waals surface area contributed by atoms with Crippen LogP contribution in [0.15, 0.2) is 42.6 Å². The number of nitrogens with one attached hydrogen (secondary N) is 1. The van der Waals surface area contributed by atoms with Crippen molar-refractivity contribution in [3.05, 3.63) is 76.1 Å². The van der Waals surface area contributed by atoms with Gasteiger partial charge in [-0.1, -0.05) is 6.92 Å². The van der Waals surface area contributed by atoms with Crippen LogP contribution in [0.25, 0.3) is 0 Å². The van der Waals surface area contributed by atoms with Crippen molar-refractivity contribution in [2.75, 3.05) is 34.8 Å². The number of ether oxygens (including phenoxy) is 1. The number of carbonyl (C=O) groups is 2. The number of benzene rings is 2. The van der Waals surface area contributed by atoms with Crippen molar-refractivity contribution in [3.63, 3.8) is 0 Å². The van der Waals surface area contributed by atoms with Gasteiger partial charge in [-0.15, -0.1) is 0 Å². The zero-order valence-corrected chi connectivity index (χ0v) is 28.4. The maximum atomic E-state index is 13.9. The van der Waals surface area contributed by atoms with Gasteiger partial charge in [0.1, 0.15) is 0 Å². The van der Waals surface area contributed by atoms with Gasteiger partial charge in [-0.25, -0.2) is 14.8 Å². The molecule has 3 aromatic rings. The predicted octanol–water partition coefficient (Wildman–Crippen LogP) is 9.27. The van der Waals surface area contributed by atoms with Crippen LogP contribution in [0.2, 0.25) is 0 Å². The maximum Gasteiger partial charge on any atom is 0.422 e. The average molecular weight is 802 g/mol. The van der Waals surface area contributed by atoms with E-state index in [0.717, 1.165) is 11.0 Å². The molecule has 3 heterocycles. The third-order valence-electron chi connectivity index (χ3n) is 9.24. The van der Waals surface area contributed by atoms with Crippen molar-refractivity contribution >= 4 is 29.4 Å². The minimum absolute atomic E-state index is 0.0455. The highest BCUT2D eigenvalue weighted by Gasteiger charge is 2.41. The molecule has 0 spiro atoms. The summed E-state index contributed by atoms with van der Waals surface area (Å²) in [6.45, 7) is -0.206. The number of fused-ring (bicyclic) bond motifs is 1. The Labute approximate surface area is 304 Å². The normalized spacial score (nSPS) is 18.6. The van der Waals surface area contributed by atoms with Crippen LogP contribution < -0.4 is 15.1 Å². The topological polar surface area (TPSA) is 108 Å². The van der Waals surface area contributed by atoms with Crippen molar-refractivity contribution in [3.8, 4) is 0 Å². The van der Waals surface area contributed by atoms with Crippen molar-refractivity contribution in [1.29, 1.82) is 0 Å². The second kappa shape index (κ2) is 15.3. The molecule has 9 nitrogen and oxygen atoms in total. The van der Waals surface area contributed by atoms with Gasteiger partial charge in [0.15, 0.2) is 6.61 Å². The minimum Gasteiger partial charge on any atom is -0.481 e. The van der Waals surface area contributed by atoms with Crippen LogP contribution in [-0.2, 0) is 34.5 Å². The van der Waals surface area contributed by atoms with E-state index in [4.69, 9.17) is 0 Å². The van der Waals surface area contributed by atoms with Gasteiger partial charge < -0.3 is 20.1 Å². The Morgan fingerprint density at radius 2 is 1.45 bits per heavy atom. The van der Waals surface area contributed by atoms with E-state index >= 15 is 0 Å². The first-order valence-electron chi connectivity index (χ1n) is 16.6. The maximum absolute atomic E-state index is 13.9. The number of piperidine rings is 1. The van der Waals surface area contributed by atoms with Gasteiger partial charge in [-0.2, -0.15) is 52.7 Å². The zero-order chi connectivity index (χ0) is 40.7. The highest BCUT2D eigenvalue weighted by atomic mass is 19.4. The molecule has 2 aromatic carbocycles. The molecule has 0 bridgehead atoms. The van der Waals surface area contributed by atoms with E-state index in [1.807, 2.05) is 0 Å². The molecule has 0 aliphatic carbocycles. The molecule has 1 fully saturated rings. The number of carboxylic acid groups (broad SMARTS) is 1. The molecule has 0 unspecified atom stereocenters. The van der Waals surface area contributed by atoms with Crippen LogP contribution >= 0.6 is 0 Å². The largest absolute Gasteiger partial charge is 0.481 e. The first kappa shape index (κ1) is 41.2. The van der Waals surface area contributed by atoms with Gasteiger partial charge >= 0.3 is 36.8 Å². The summed E-state index contributed by atoms with van der Waals surface area (Å²) in [7, 11) is 0. The van der Waals surface area contributed by atoms with E-state index in [1.165, 1.54) is 6.20 Å². The fraction of sp³-hybridized carbons (Fsp3) is 0.471. The van der Waals surface area contributed by atoms with E-state index in [9.17, 15) is 67.4 Å². The van der Waals surface area contributed by atoms with Crippen LogP contribution in [0.1, 0.15) is 72.2 Å². The lowest BCUT2D eigenvalue weighted by atomic mass is 9.89. The molecular weight excluding hydrogens is 770 g/mol. The van der Waals surface area contributed by atoms with Gasteiger partial charge in [0, 0.05) is 25.6 Å². The molecule has 1 amide bonds. The Balaban J connectivity index is 1.57. The second-order valence-electron chi connectivity index (χ2n) is 13.0. The first-order valence-corrected chi connectivity index (χ1v) is 16.6. The number of amides is 1. The fourth-order valence-electron chi connectivity index (χ4n) is 6.59. The Kier molecular flexibility index (Phi) is 11.4. The van der Waals surface area contributed by atoms with Gasteiger partial charge in [0.05, 0.1) is 51.9 Å². The molecule has 0 radical (unpaired) electrons. The summed E-state index contributed by atoms with van der Waals surface area (Å²) in [4.78, 5) is 35.5. The predicted molar refractivity (Wildman–Crippen MR) is 170 cm³/mol. The average Bonchev–Trinajstić information content (AvgIpc) is 3.08. The van der Waals surface area contributed by atoms with Crippen molar-refractivity contribution in [1.82, 2.24) is 9.97 Å². The monoisotopic (exact) mass is 801 g/mol. The fourth-order valence-corrected chi connectivity index (χ4v) is 6.59.